The van der Waals surface area contributed by atoms with Gasteiger partial charge in [-0.1, -0.05) is 12.1 Å². The van der Waals surface area contributed by atoms with Crippen LogP contribution in [0.5, 0.6) is 0 Å². The Kier molecular flexibility index (Phi) is 4.76. The number of hydrogen-bond donors (Lipinski definition) is 4. The van der Waals surface area contributed by atoms with Crippen molar-refractivity contribution in [3.05, 3.63) is 29.8 Å². The first-order valence-corrected chi connectivity index (χ1v) is 6.70. The molecule has 2 rings (SSSR count). The molecule has 1 heterocycles. The van der Waals surface area contributed by atoms with Gasteiger partial charge < -0.3 is 21.1 Å². The number of carbonyl (C=O) groups is 3. The summed E-state index contributed by atoms with van der Waals surface area (Å²) in [5, 5.41) is 16.6. The molecule has 0 aliphatic carbocycles. The largest absolute Gasteiger partial charge is 0.481 e. The average molecular weight is 291 g/mol. The summed E-state index contributed by atoms with van der Waals surface area (Å²) in [6.45, 7) is 0.635. The molecule has 1 aliphatic heterocycles. The molecule has 0 bridgehead atoms. The summed E-state index contributed by atoms with van der Waals surface area (Å²) in [4.78, 5) is 34.0. The third-order valence-corrected chi connectivity index (χ3v) is 3.13. The van der Waals surface area contributed by atoms with E-state index in [0.717, 1.165) is 6.42 Å². The normalized spacial score (nSPS) is 17.7. The van der Waals surface area contributed by atoms with Crippen molar-refractivity contribution in [2.24, 2.45) is 0 Å². The molecule has 1 saturated heterocycles. The van der Waals surface area contributed by atoms with Crippen molar-refractivity contribution in [2.75, 3.05) is 11.9 Å². The molecule has 1 unspecified atom stereocenters. The molecule has 4 N–H and O–H groups in total. The van der Waals surface area contributed by atoms with Crippen LogP contribution in [0, 0.1) is 0 Å². The molecule has 1 aromatic carbocycles. The zero-order valence-corrected chi connectivity index (χ0v) is 11.4. The summed E-state index contributed by atoms with van der Waals surface area (Å²) in [6, 6.07) is 5.58. The number of aliphatic carboxylic acids is 1. The van der Waals surface area contributed by atoms with Crippen LogP contribution >= 0.6 is 0 Å². The second kappa shape index (κ2) is 6.74. The van der Waals surface area contributed by atoms with Gasteiger partial charge >= 0.3 is 12.0 Å². The molecule has 1 fully saturated rings. The van der Waals surface area contributed by atoms with Gasteiger partial charge in [0.25, 0.3) is 0 Å². The summed E-state index contributed by atoms with van der Waals surface area (Å²) in [5.74, 6) is -1.12. The molecule has 112 valence electrons. The number of piperidine rings is 1. The standard InChI is InChI=1S/C14H17N3O4/c18-12(19)8-9-3-1-4-10(7-9)16-14(21)17-11-5-2-6-15-13(11)20/h1,3-4,7,11H,2,5-6,8H2,(H,15,20)(H,18,19)(H2,16,17,21). The van der Waals surface area contributed by atoms with Crippen LogP contribution in [0.1, 0.15) is 18.4 Å². The first-order chi connectivity index (χ1) is 10.0. The third-order valence-electron chi connectivity index (χ3n) is 3.13. The van der Waals surface area contributed by atoms with Gasteiger partial charge in [-0.25, -0.2) is 4.79 Å². The van der Waals surface area contributed by atoms with Gasteiger partial charge in [0.1, 0.15) is 6.04 Å². The van der Waals surface area contributed by atoms with Gasteiger partial charge in [0.05, 0.1) is 6.42 Å². The monoisotopic (exact) mass is 291 g/mol. The highest BCUT2D eigenvalue weighted by Gasteiger charge is 2.23. The maximum absolute atomic E-state index is 11.8. The van der Waals surface area contributed by atoms with Crippen LogP contribution in [0.4, 0.5) is 10.5 Å². The number of carbonyl (C=O) groups excluding carboxylic acids is 2. The smallest absolute Gasteiger partial charge is 0.319 e. The highest BCUT2D eigenvalue weighted by Crippen LogP contribution is 2.11. The van der Waals surface area contributed by atoms with Crippen LogP contribution in [-0.4, -0.2) is 35.6 Å². The molecule has 1 aliphatic rings. The zero-order valence-electron chi connectivity index (χ0n) is 11.4. The van der Waals surface area contributed by atoms with Gasteiger partial charge in [-0.3, -0.25) is 9.59 Å². The number of rotatable bonds is 4. The van der Waals surface area contributed by atoms with Crippen LogP contribution < -0.4 is 16.0 Å². The van der Waals surface area contributed by atoms with Crippen LogP contribution in [0.2, 0.25) is 0 Å². The molecule has 0 saturated carbocycles. The van der Waals surface area contributed by atoms with Crippen LogP contribution in [0.25, 0.3) is 0 Å². The number of benzene rings is 1. The minimum absolute atomic E-state index is 0.109. The number of anilines is 1. The topological polar surface area (TPSA) is 108 Å². The van der Waals surface area contributed by atoms with E-state index in [0.29, 0.717) is 24.2 Å². The summed E-state index contributed by atoms with van der Waals surface area (Å²) < 4.78 is 0. The van der Waals surface area contributed by atoms with E-state index in [1.807, 2.05) is 0 Å². The molecule has 7 nitrogen and oxygen atoms in total. The molecule has 0 radical (unpaired) electrons. The lowest BCUT2D eigenvalue weighted by Gasteiger charge is -2.22. The minimum Gasteiger partial charge on any atom is -0.481 e. The van der Waals surface area contributed by atoms with Crippen molar-refractivity contribution in [1.82, 2.24) is 10.6 Å². The molecule has 0 spiro atoms. The number of carboxylic acid groups (broad SMARTS) is 1. The van der Waals surface area contributed by atoms with Crippen molar-refractivity contribution in [3.63, 3.8) is 0 Å². The molecular weight excluding hydrogens is 274 g/mol. The van der Waals surface area contributed by atoms with E-state index in [9.17, 15) is 14.4 Å². The van der Waals surface area contributed by atoms with Crippen molar-refractivity contribution in [2.45, 2.75) is 25.3 Å². The predicted octanol–water partition coefficient (Wildman–Crippen LogP) is 0.714. The lowest BCUT2D eigenvalue weighted by Crippen LogP contribution is -2.51. The number of amides is 3. The van der Waals surface area contributed by atoms with Gasteiger partial charge in [-0.05, 0) is 30.5 Å². The third kappa shape index (κ3) is 4.48. The number of nitrogens with one attached hydrogen (secondary N) is 3. The fourth-order valence-corrected chi connectivity index (χ4v) is 2.17. The Morgan fingerprint density at radius 2 is 2.19 bits per heavy atom. The van der Waals surface area contributed by atoms with Gasteiger partial charge in [-0.15, -0.1) is 0 Å². The highest BCUT2D eigenvalue weighted by atomic mass is 16.4. The first kappa shape index (κ1) is 14.8. The fourth-order valence-electron chi connectivity index (χ4n) is 2.17. The Bertz CT molecular complexity index is 559. The van der Waals surface area contributed by atoms with E-state index < -0.39 is 18.0 Å². The Morgan fingerprint density at radius 3 is 2.90 bits per heavy atom. The maximum Gasteiger partial charge on any atom is 0.319 e. The van der Waals surface area contributed by atoms with Gasteiger partial charge in [0.15, 0.2) is 0 Å². The molecular formula is C14H17N3O4. The van der Waals surface area contributed by atoms with Gasteiger partial charge in [-0.2, -0.15) is 0 Å². The summed E-state index contributed by atoms with van der Waals surface area (Å²) >= 11 is 0. The van der Waals surface area contributed by atoms with Crippen molar-refractivity contribution in [1.29, 1.82) is 0 Å². The molecule has 7 heteroatoms. The zero-order chi connectivity index (χ0) is 15.2. The van der Waals surface area contributed by atoms with Crippen LogP contribution in [0.15, 0.2) is 24.3 Å². The van der Waals surface area contributed by atoms with E-state index in [2.05, 4.69) is 16.0 Å². The van der Waals surface area contributed by atoms with Crippen LogP contribution in [-0.2, 0) is 16.0 Å². The van der Waals surface area contributed by atoms with E-state index in [1.165, 1.54) is 0 Å². The van der Waals surface area contributed by atoms with E-state index in [4.69, 9.17) is 5.11 Å². The molecule has 3 amide bonds. The quantitative estimate of drug-likeness (QED) is 0.655. The van der Waals surface area contributed by atoms with E-state index in [1.54, 1.807) is 24.3 Å². The Hall–Kier alpha value is -2.57. The average Bonchev–Trinajstić information content (AvgIpc) is 2.41. The Morgan fingerprint density at radius 1 is 1.38 bits per heavy atom. The van der Waals surface area contributed by atoms with Crippen molar-refractivity contribution in [3.8, 4) is 0 Å². The van der Waals surface area contributed by atoms with Crippen LogP contribution in [0.3, 0.4) is 0 Å². The SMILES string of the molecule is O=C(O)Cc1cccc(NC(=O)NC2CCCNC2=O)c1. The molecule has 1 aromatic rings. The number of hydrogen-bond acceptors (Lipinski definition) is 3. The predicted molar refractivity (Wildman–Crippen MR) is 76.0 cm³/mol. The number of urea groups is 1. The van der Waals surface area contributed by atoms with Crippen molar-refractivity contribution < 1.29 is 19.5 Å². The number of carboxylic acids is 1. The Balaban J connectivity index is 1.92. The second-order valence-electron chi connectivity index (χ2n) is 4.86. The summed E-state index contributed by atoms with van der Waals surface area (Å²) in [6.07, 6.45) is 1.32. The van der Waals surface area contributed by atoms with Crippen molar-refractivity contribution >= 4 is 23.6 Å². The van der Waals surface area contributed by atoms with E-state index >= 15 is 0 Å². The molecule has 1 atom stereocenters. The lowest BCUT2D eigenvalue weighted by molar-refractivity contribution is -0.136. The lowest BCUT2D eigenvalue weighted by atomic mass is 10.1. The van der Waals surface area contributed by atoms with Gasteiger partial charge in [0.2, 0.25) is 5.91 Å². The maximum atomic E-state index is 11.8. The summed E-state index contributed by atoms with van der Waals surface area (Å²) in [7, 11) is 0. The summed E-state index contributed by atoms with van der Waals surface area (Å²) in [5.41, 5.74) is 1.08. The van der Waals surface area contributed by atoms with E-state index in [-0.39, 0.29) is 12.3 Å². The second-order valence-corrected chi connectivity index (χ2v) is 4.86. The first-order valence-electron chi connectivity index (χ1n) is 6.70. The fraction of sp³-hybridized carbons (Fsp3) is 0.357. The Labute approximate surface area is 121 Å². The molecule has 0 aromatic heterocycles. The highest BCUT2D eigenvalue weighted by molar-refractivity contribution is 5.94. The minimum atomic E-state index is -0.935. The van der Waals surface area contributed by atoms with Gasteiger partial charge in [0, 0.05) is 12.2 Å². The molecule has 21 heavy (non-hydrogen) atoms.